The second-order valence-electron chi connectivity index (χ2n) is 8.76. The van der Waals surface area contributed by atoms with E-state index in [0.29, 0.717) is 38.1 Å². The summed E-state index contributed by atoms with van der Waals surface area (Å²) in [6.45, 7) is 10.2. The maximum atomic E-state index is 13.5. The van der Waals surface area contributed by atoms with E-state index in [0.717, 1.165) is 30.0 Å². The Morgan fingerprint density at radius 3 is 2.59 bits per heavy atom. The van der Waals surface area contributed by atoms with E-state index in [4.69, 9.17) is 9.73 Å². The van der Waals surface area contributed by atoms with Crippen LogP contribution < -0.4 is 4.57 Å². The van der Waals surface area contributed by atoms with Crippen molar-refractivity contribution in [2.75, 3.05) is 46.4 Å². The number of carbonyl (C=O) groups excluding carboxylic acids is 2. The van der Waals surface area contributed by atoms with Crippen LogP contribution in [0.3, 0.4) is 0 Å². The second-order valence-corrected chi connectivity index (χ2v) is 8.76. The number of aliphatic imine (C=N–C) groups is 1. The van der Waals surface area contributed by atoms with Gasteiger partial charge in [0, 0.05) is 33.2 Å². The molecule has 9 nitrogen and oxygen atoms in total. The number of amides is 3. The third kappa shape index (κ3) is 3.23. The lowest BCUT2D eigenvalue weighted by atomic mass is 10.1. The quantitative estimate of drug-likeness (QED) is 0.680. The fraction of sp³-hybridized carbons (Fsp3) is 0.478. The molecule has 0 aliphatic carbocycles. The molecule has 2 saturated heterocycles. The van der Waals surface area contributed by atoms with E-state index in [2.05, 4.69) is 41.5 Å². The first-order valence-corrected chi connectivity index (χ1v) is 11.1. The maximum Gasteiger partial charge on any atom is 0.406 e. The number of morpholine rings is 1. The van der Waals surface area contributed by atoms with Gasteiger partial charge in [-0.25, -0.2) is 9.36 Å². The number of aryl methyl sites for hydroxylation is 3. The predicted molar refractivity (Wildman–Crippen MR) is 118 cm³/mol. The van der Waals surface area contributed by atoms with E-state index in [1.165, 1.54) is 15.4 Å². The van der Waals surface area contributed by atoms with Gasteiger partial charge in [-0.05, 0) is 32.4 Å². The Balaban J connectivity index is 1.48. The van der Waals surface area contributed by atoms with Crippen molar-refractivity contribution >= 4 is 23.7 Å². The lowest BCUT2D eigenvalue weighted by Gasteiger charge is -2.35. The first-order valence-electron chi connectivity index (χ1n) is 11.1. The Morgan fingerprint density at radius 1 is 1.12 bits per heavy atom. The van der Waals surface area contributed by atoms with Gasteiger partial charge in [-0.2, -0.15) is 4.57 Å². The number of ether oxygens (including phenoxy) is 1. The van der Waals surface area contributed by atoms with Crippen LogP contribution in [0.1, 0.15) is 22.9 Å². The van der Waals surface area contributed by atoms with Gasteiger partial charge < -0.3 is 4.74 Å². The third-order valence-electron chi connectivity index (χ3n) is 6.55. The highest BCUT2D eigenvalue weighted by Crippen LogP contribution is 2.32. The van der Waals surface area contributed by atoms with Crippen molar-refractivity contribution in [2.24, 2.45) is 4.99 Å². The number of urea groups is 1. The molecule has 0 bridgehead atoms. The van der Waals surface area contributed by atoms with Crippen LogP contribution in [0.5, 0.6) is 0 Å². The SMILES string of the molecule is Cc1ccc(-n2c(C)c[n+]3c2N=C2C3C(=O)N(CCN3CCOCC3)C(=O)N2C)c(C)c1. The number of imidazole rings is 1. The van der Waals surface area contributed by atoms with Crippen LogP contribution in [0.15, 0.2) is 29.4 Å². The fourth-order valence-corrected chi connectivity index (χ4v) is 4.81. The summed E-state index contributed by atoms with van der Waals surface area (Å²) < 4.78 is 9.35. The highest BCUT2D eigenvalue weighted by atomic mass is 16.5. The van der Waals surface area contributed by atoms with Gasteiger partial charge in [-0.1, -0.05) is 22.7 Å². The summed E-state index contributed by atoms with van der Waals surface area (Å²) in [5.41, 5.74) is 4.33. The Labute approximate surface area is 187 Å². The number of fused-ring (bicyclic) bond motifs is 3. The Hall–Kier alpha value is -3.04. The largest absolute Gasteiger partial charge is 0.406 e. The number of likely N-dealkylation sites (N-methyl/N-ethyl adjacent to an activating group) is 1. The zero-order valence-electron chi connectivity index (χ0n) is 19.0. The predicted octanol–water partition coefficient (Wildman–Crippen LogP) is 1.50. The van der Waals surface area contributed by atoms with E-state index in [9.17, 15) is 9.59 Å². The van der Waals surface area contributed by atoms with Crippen LogP contribution in [0.25, 0.3) is 5.69 Å². The number of hydrogen-bond donors (Lipinski definition) is 0. The lowest BCUT2D eigenvalue weighted by Crippen LogP contribution is -2.63. The minimum absolute atomic E-state index is 0.221. The van der Waals surface area contributed by atoms with Crippen LogP contribution >= 0.6 is 0 Å². The molecule has 1 aromatic heterocycles. The number of benzene rings is 1. The zero-order valence-corrected chi connectivity index (χ0v) is 19.0. The van der Waals surface area contributed by atoms with Crippen molar-refractivity contribution in [3.8, 4) is 5.69 Å². The topological polar surface area (TPSA) is 74.3 Å². The number of amidine groups is 1. The van der Waals surface area contributed by atoms with Crippen LogP contribution in [0, 0.1) is 20.8 Å². The molecule has 9 heteroatoms. The van der Waals surface area contributed by atoms with Crippen LogP contribution in [-0.4, -0.2) is 83.5 Å². The summed E-state index contributed by atoms with van der Waals surface area (Å²) in [4.78, 5) is 36.4. The van der Waals surface area contributed by atoms with Crippen LogP contribution in [0.2, 0.25) is 0 Å². The summed E-state index contributed by atoms with van der Waals surface area (Å²) >= 11 is 0. The molecule has 0 saturated carbocycles. The molecule has 168 valence electrons. The van der Waals surface area contributed by atoms with E-state index < -0.39 is 6.04 Å². The zero-order chi connectivity index (χ0) is 22.6. The van der Waals surface area contributed by atoms with Crippen LogP contribution in [-0.2, 0) is 9.53 Å². The van der Waals surface area contributed by atoms with Crippen molar-refractivity contribution in [3.05, 3.63) is 41.2 Å². The minimum Gasteiger partial charge on any atom is -0.379 e. The first kappa shape index (κ1) is 20.8. The molecule has 3 amide bonds. The molecular weight excluding hydrogens is 408 g/mol. The Bertz CT molecular complexity index is 1130. The van der Waals surface area contributed by atoms with Crippen molar-refractivity contribution < 1.29 is 18.9 Å². The number of imide groups is 1. The molecule has 0 N–H and O–H groups in total. The number of rotatable bonds is 4. The molecule has 5 rings (SSSR count). The average molecular weight is 438 g/mol. The van der Waals surface area contributed by atoms with Crippen molar-refractivity contribution in [3.63, 3.8) is 0 Å². The van der Waals surface area contributed by atoms with E-state index in [1.807, 2.05) is 17.7 Å². The van der Waals surface area contributed by atoms with Gasteiger partial charge >= 0.3 is 12.0 Å². The summed E-state index contributed by atoms with van der Waals surface area (Å²) in [5, 5.41) is 0. The highest BCUT2D eigenvalue weighted by molar-refractivity contribution is 6.19. The monoisotopic (exact) mass is 437 g/mol. The summed E-state index contributed by atoms with van der Waals surface area (Å²) in [6.07, 6.45) is 1.96. The fourth-order valence-electron chi connectivity index (χ4n) is 4.81. The highest BCUT2D eigenvalue weighted by Gasteiger charge is 2.53. The molecule has 1 unspecified atom stereocenters. The van der Waals surface area contributed by atoms with Gasteiger partial charge in [0.15, 0.2) is 0 Å². The maximum absolute atomic E-state index is 13.5. The van der Waals surface area contributed by atoms with Gasteiger partial charge in [-0.3, -0.25) is 19.5 Å². The molecule has 3 aliphatic rings. The van der Waals surface area contributed by atoms with E-state index >= 15 is 0 Å². The first-order chi connectivity index (χ1) is 15.4. The smallest absolute Gasteiger partial charge is 0.379 e. The number of aromatic nitrogens is 2. The number of nitrogens with zero attached hydrogens (tertiary/aromatic N) is 6. The summed E-state index contributed by atoms with van der Waals surface area (Å²) in [6, 6.07) is 5.34. The van der Waals surface area contributed by atoms with Crippen molar-refractivity contribution in [1.82, 2.24) is 19.3 Å². The van der Waals surface area contributed by atoms with Gasteiger partial charge in [0.25, 0.3) is 5.91 Å². The van der Waals surface area contributed by atoms with E-state index in [1.54, 1.807) is 7.05 Å². The molecule has 3 aliphatic heterocycles. The molecule has 1 aromatic carbocycles. The Kier molecular flexibility index (Phi) is 5.10. The van der Waals surface area contributed by atoms with Crippen LogP contribution in [0.4, 0.5) is 10.7 Å². The summed E-state index contributed by atoms with van der Waals surface area (Å²) in [7, 11) is 1.70. The summed E-state index contributed by atoms with van der Waals surface area (Å²) in [5.74, 6) is 0.926. The Morgan fingerprint density at radius 2 is 1.88 bits per heavy atom. The molecule has 2 aromatic rings. The van der Waals surface area contributed by atoms with Gasteiger partial charge in [0.05, 0.1) is 13.2 Å². The van der Waals surface area contributed by atoms with Gasteiger partial charge in [0.2, 0.25) is 11.9 Å². The van der Waals surface area contributed by atoms with Gasteiger partial charge in [-0.15, -0.1) is 0 Å². The number of carbonyl (C=O) groups is 2. The molecule has 0 spiro atoms. The molecule has 2 fully saturated rings. The van der Waals surface area contributed by atoms with E-state index in [-0.39, 0.29) is 11.9 Å². The molecular formula is C23H29N6O3+. The minimum atomic E-state index is -0.622. The lowest BCUT2D eigenvalue weighted by molar-refractivity contribution is -0.676. The molecule has 32 heavy (non-hydrogen) atoms. The number of hydrogen-bond acceptors (Lipinski definition) is 5. The standard InChI is InChI=1S/C23H29N6O3/c1-15-5-6-18(16(2)13-15)29-17(3)14-28-19-20(24-22(28)29)25(4)23(31)27(21(19)30)8-7-26-9-11-32-12-10-26/h5-6,13-14,19H,7-12H2,1-4H3/q+1. The molecule has 1 atom stereocenters. The normalized spacial score (nSPS) is 21.1. The van der Waals surface area contributed by atoms with Gasteiger partial charge in [0.1, 0.15) is 17.6 Å². The second kappa shape index (κ2) is 7.83. The molecule has 4 heterocycles. The molecule has 0 radical (unpaired) electrons. The third-order valence-corrected chi connectivity index (χ3v) is 6.55. The average Bonchev–Trinajstić information content (AvgIpc) is 3.28. The van der Waals surface area contributed by atoms with Crippen molar-refractivity contribution in [2.45, 2.75) is 26.8 Å². The van der Waals surface area contributed by atoms with Crippen molar-refractivity contribution in [1.29, 1.82) is 0 Å².